The van der Waals surface area contributed by atoms with E-state index < -0.39 is 0 Å². The molecule has 2 N–H and O–H groups in total. The number of anilines is 2. The first-order valence-corrected chi connectivity index (χ1v) is 7.93. The van der Waals surface area contributed by atoms with Crippen LogP contribution in [0.5, 0.6) is 0 Å². The van der Waals surface area contributed by atoms with Crippen molar-refractivity contribution in [1.29, 1.82) is 0 Å². The normalized spacial score (nSPS) is 16.1. The van der Waals surface area contributed by atoms with Crippen molar-refractivity contribution in [2.45, 2.75) is 6.54 Å². The number of nitrogens with zero attached hydrogens (tertiary/aromatic N) is 3. The summed E-state index contributed by atoms with van der Waals surface area (Å²) in [5.74, 6) is 1.02. The number of halogens is 1. The van der Waals surface area contributed by atoms with Crippen LogP contribution in [0.2, 0.25) is 0 Å². The molecular formula is C16H19BrN4. The summed E-state index contributed by atoms with van der Waals surface area (Å²) in [6.07, 6.45) is 1.73. The van der Waals surface area contributed by atoms with Gasteiger partial charge in [-0.05, 0) is 29.8 Å². The number of hydrogen-bond donors (Lipinski definition) is 1. The molecule has 0 spiro atoms. The molecule has 0 unspecified atom stereocenters. The maximum atomic E-state index is 5.68. The molecule has 0 aliphatic carbocycles. The molecule has 0 bridgehead atoms. The van der Waals surface area contributed by atoms with Crippen molar-refractivity contribution in [2.75, 3.05) is 36.8 Å². The summed E-state index contributed by atoms with van der Waals surface area (Å²) in [5, 5.41) is 0. The summed E-state index contributed by atoms with van der Waals surface area (Å²) in [6.45, 7) is 5.14. The van der Waals surface area contributed by atoms with Gasteiger partial charge in [0.15, 0.2) is 0 Å². The second kappa shape index (κ2) is 6.45. The highest BCUT2D eigenvalue weighted by Crippen LogP contribution is 2.17. The number of nitrogen functional groups attached to an aromatic ring is 1. The first-order valence-electron chi connectivity index (χ1n) is 7.14. The molecule has 1 aromatic carbocycles. The van der Waals surface area contributed by atoms with Gasteiger partial charge in [-0.1, -0.05) is 28.1 Å². The topological polar surface area (TPSA) is 45.4 Å². The number of benzene rings is 1. The molecule has 2 aromatic rings. The molecule has 1 aliphatic rings. The Balaban J connectivity index is 1.55. The SMILES string of the molecule is Nc1ccc(N2CCN(Cc3ccc(Br)cc3)CC2)nc1. The van der Waals surface area contributed by atoms with Gasteiger partial charge in [-0.3, -0.25) is 4.90 Å². The fraction of sp³-hybridized carbons (Fsp3) is 0.312. The molecule has 1 fully saturated rings. The fourth-order valence-corrected chi connectivity index (χ4v) is 2.83. The quantitative estimate of drug-likeness (QED) is 0.928. The van der Waals surface area contributed by atoms with Gasteiger partial charge in [0, 0.05) is 37.2 Å². The van der Waals surface area contributed by atoms with Crippen LogP contribution in [-0.2, 0) is 6.54 Å². The largest absolute Gasteiger partial charge is 0.397 e. The van der Waals surface area contributed by atoms with Gasteiger partial charge < -0.3 is 10.6 Å². The summed E-state index contributed by atoms with van der Waals surface area (Å²) in [6, 6.07) is 12.5. The Kier molecular flexibility index (Phi) is 4.41. The van der Waals surface area contributed by atoms with E-state index in [9.17, 15) is 0 Å². The van der Waals surface area contributed by atoms with Crippen LogP contribution in [0.1, 0.15) is 5.56 Å². The second-order valence-corrected chi connectivity index (χ2v) is 6.26. The van der Waals surface area contributed by atoms with Crippen LogP contribution in [0, 0.1) is 0 Å². The minimum atomic E-state index is 0.715. The minimum Gasteiger partial charge on any atom is -0.397 e. The molecule has 1 saturated heterocycles. The average Bonchev–Trinajstić information content (AvgIpc) is 2.51. The number of piperazine rings is 1. The molecule has 0 atom stereocenters. The van der Waals surface area contributed by atoms with Crippen LogP contribution in [0.4, 0.5) is 11.5 Å². The van der Waals surface area contributed by atoms with Crippen LogP contribution in [0.3, 0.4) is 0 Å². The van der Waals surface area contributed by atoms with E-state index in [0.717, 1.165) is 43.0 Å². The Morgan fingerprint density at radius 3 is 2.33 bits per heavy atom. The van der Waals surface area contributed by atoms with Crippen LogP contribution < -0.4 is 10.6 Å². The zero-order valence-electron chi connectivity index (χ0n) is 11.9. The lowest BCUT2D eigenvalue weighted by Gasteiger charge is -2.35. The zero-order valence-corrected chi connectivity index (χ0v) is 13.5. The molecule has 110 valence electrons. The molecule has 2 heterocycles. The van der Waals surface area contributed by atoms with E-state index in [1.54, 1.807) is 6.20 Å². The summed E-state index contributed by atoms with van der Waals surface area (Å²) < 4.78 is 1.13. The molecule has 0 radical (unpaired) electrons. The van der Waals surface area contributed by atoms with Gasteiger partial charge >= 0.3 is 0 Å². The molecule has 1 aliphatic heterocycles. The molecule has 1 aromatic heterocycles. The summed E-state index contributed by atoms with van der Waals surface area (Å²) >= 11 is 3.47. The van der Waals surface area contributed by atoms with Gasteiger partial charge in [-0.15, -0.1) is 0 Å². The minimum absolute atomic E-state index is 0.715. The monoisotopic (exact) mass is 346 g/mol. The molecule has 0 saturated carbocycles. The number of rotatable bonds is 3. The highest BCUT2D eigenvalue weighted by molar-refractivity contribution is 9.10. The van der Waals surface area contributed by atoms with Crippen molar-refractivity contribution in [1.82, 2.24) is 9.88 Å². The standard InChI is InChI=1S/C16H19BrN4/c17-14-3-1-13(2-4-14)12-20-7-9-21(10-8-20)16-6-5-15(18)11-19-16/h1-6,11H,7-10,12,18H2. The van der Waals surface area contributed by atoms with Crippen molar-refractivity contribution in [3.8, 4) is 0 Å². The van der Waals surface area contributed by atoms with Crippen LogP contribution in [0.25, 0.3) is 0 Å². The summed E-state index contributed by atoms with van der Waals surface area (Å²) in [5.41, 5.74) is 7.76. The number of aromatic nitrogens is 1. The van der Waals surface area contributed by atoms with E-state index in [4.69, 9.17) is 5.73 Å². The number of nitrogens with two attached hydrogens (primary N) is 1. The van der Waals surface area contributed by atoms with Crippen molar-refractivity contribution in [3.05, 3.63) is 52.6 Å². The Morgan fingerprint density at radius 1 is 1.00 bits per heavy atom. The highest BCUT2D eigenvalue weighted by atomic mass is 79.9. The molecule has 4 nitrogen and oxygen atoms in total. The van der Waals surface area contributed by atoms with Crippen molar-refractivity contribution in [3.63, 3.8) is 0 Å². The summed E-state index contributed by atoms with van der Waals surface area (Å²) in [7, 11) is 0. The zero-order chi connectivity index (χ0) is 14.7. The molecular weight excluding hydrogens is 328 g/mol. The van der Waals surface area contributed by atoms with Gasteiger partial charge in [0.25, 0.3) is 0 Å². The fourth-order valence-electron chi connectivity index (χ4n) is 2.57. The predicted molar refractivity (Wildman–Crippen MR) is 90.3 cm³/mol. The molecule has 3 rings (SSSR count). The van der Waals surface area contributed by atoms with E-state index >= 15 is 0 Å². The van der Waals surface area contributed by atoms with Gasteiger partial charge in [0.05, 0.1) is 11.9 Å². The molecule has 5 heteroatoms. The maximum Gasteiger partial charge on any atom is 0.128 e. The van der Waals surface area contributed by atoms with Crippen LogP contribution in [0.15, 0.2) is 47.1 Å². The third-order valence-corrected chi connectivity index (χ3v) is 4.32. The third kappa shape index (κ3) is 3.74. The van der Waals surface area contributed by atoms with Gasteiger partial charge in [0.1, 0.15) is 5.82 Å². The van der Waals surface area contributed by atoms with Crippen LogP contribution in [-0.4, -0.2) is 36.1 Å². The van der Waals surface area contributed by atoms with E-state index in [0.29, 0.717) is 5.69 Å². The van der Waals surface area contributed by atoms with Crippen LogP contribution >= 0.6 is 15.9 Å². The van der Waals surface area contributed by atoms with E-state index in [-0.39, 0.29) is 0 Å². The Bertz CT molecular complexity index is 574. The first-order chi connectivity index (χ1) is 10.2. The molecule has 0 amide bonds. The van der Waals surface area contributed by atoms with Crippen molar-refractivity contribution < 1.29 is 0 Å². The lowest BCUT2D eigenvalue weighted by Crippen LogP contribution is -2.46. The smallest absolute Gasteiger partial charge is 0.128 e. The molecule has 21 heavy (non-hydrogen) atoms. The van der Waals surface area contributed by atoms with Crippen molar-refractivity contribution >= 4 is 27.4 Å². The van der Waals surface area contributed by atoms with Gasteiger partial charge in [-0.25, -0.2) is 4.98 Å². The van der Waals surface area contributed by atoms with E-state index in [2.05, 4.69) is 55.0 Å². The second-order valence-electron chi connectivity index (χ2n) is 5.34. The summed E-state index contributed by atoms with van der Waals surface area (Å²) in [4.78, 5) is 9.20. The lowest BCUT2D eigenvalue weighted by molar-refractivity contribution is 0.249. The number of pyridine rings is 1. The Labute approximate surface area is 133 Å². The van der Waals surface area contributed by atoms with E-state index in [1.807, 2.05) is 12.1 Å². The lowest BCUT2D eigenvalue weighted by atomic mass is 10.2. The predicted octanol–water partition coefficient (Wildman–Crippen LogP) is 2.75. The van der Waals surface area contributed by atoms with Gasteiger partial charge in [0.2, 0.25) is 0 Å². The Hall–Kier alpha value is -1.59. The third-order valence-electron chi connectivity index (χ3n) is 3.79. The highest BCUT2D eigenvalue weighted by Gasteiger charge is 2.17. The number of hydrogen-bond acceptors (Lipinski definition) is 4. The van der Waals surface area contributed by atoms with Crippen molar-refractivity contribution in [2.24, 2.45) is 0 Å². The van der Waals surface area contributed by atoms with Gasteiger partial charge in [-0.2, -0.15) is 0 Å². The maximum absolute atomic E-state index is 5.68. The average molecular weight is 347 g/mol. The van der Waals surface area contributed by atoms with E-state index in [1.165, 1.54) is 5.56 Å². The first kappa shape index (κ1) is 14.4. The Morgan fingerprint density at radius 2 is 1.71 bits per heavy atom.